The fraction of sp³-hybridized carbons (Fsp3) is 0.296. The standard InChI is InChI=1S/C27H27N5O3S/c1-4-10-29-27(34)32-17(2)13-18-14-19(7-8-23(18)32)30-21-9-11-28-22-15-24(36-25(21)22)26(33)31-12-5-6-20(31)16-35-3/h1,7-9,11,13-15,20H,5-6,10,12,16H2,2-3H3,(H,28,30)(H,29,34). The predicted molar refractivity (Wildman–Crippen MR) is 143 cm³/mol. The number of nitrogens with zero attached hydrogens (tertiary/aromatic N) is 3. The third-order valence-corrected chi connectivity index (χ3v) is 7.57. The van der Waals surface area contributed by atoms with Crippen LogP contribution >= 0.6 is 11.3 Å². The molecule has 8 nitrogen and oxygen atoms in total. The van der Waals surface area contributed by atoms with Gasteiger partial charge in [-0.05, 0) is 56.2 Å². The number of rotatable bonds is 6. The molecule has 0 saturated carbocycles. The van der Waals surface area contributed by atoms with Gasteiger partial charge < -0.3 is 20.3 Å². The number of thiophene rings is 1. The van der Waals surface area contributed by atoms with E-state index < -0.39 is 0 Å². The Hall–Kier alpha value is -3.87. The largest absolute Gasteiger partial charge is 0.383 e. The van der Waals surface area contributed by atoms with Crippen molar-refractivity contribution in [3.8, 4) is 12.3 Å². The number of benzene rings is 1. The smallest absolute Gasteiger partial charge is 0.327 e. The Morgan fingerprint density at radius 2 is 2.14 bits per heavy atom. The lowest BCUT2D eigenvalue weighted by atomic mass is 10.2. The molecule has 36 heavy (non-hydrogen) atoms. The number of nitrogens with one attached hydrogen (secondary N) is 2. The number of amides is 2. The molecule has 0 radical (unpaired) electrons. The number of ether oxygens (including phenoxy) is 1. The molecule has 1 unspecified atom stereocenters. The minimum atomic E-state index is -0.251. The predicted octanol–water partition coefficient (Wildman–Crippen LogP) is 4.74. The molecule has 1 aromatic carbocycles. The fourth-order valence-electron chi connectivity index (χ4n) is 4.81. The van der Waals surface area contributed by atoms with Crippen LogP contribution in [0.15, 0.2) is 42.6 Å². The SMILES string of the molecule is C#CCNC(=O)n1c(C)cc2cc(Nc3ccnc4cc(C(=O)N5CCCC5COC)sc34)ccc21. The molecule has 1 atom stereocenters. The van der Waals surface area contributed by atoms with Crippen LogP contribution in [0.3, 0.4) is 0 Å². The van der Waals surface area contributed by atoms with Gasteiger partial charge in [0.25, 0.3) is 5.91 Å². The van der Waals surface area contributed by atoms with Gasteiger partial charge in [-0.1, -0.05) is 5.92 Å². The summed E-state index contributed by atoms with van der Waals surface area (Å²) in [5.74, 6) is 2.45. The van der Waals surface area contributed by atoms with Crippen LogP contribution in [0.5, 0.6) is 0 Å². The van der Waals surface area contributed by atoms with Crippen LogP contribution in [0.25, 0.3) is 21.1 Å². The number of anilines is 2. The number of likely N-dealkylation sites (tertiary alicyclic amines) is 1. The van der Waals surface area contributed by atoms with Gasteiger partial charge in [-0.3, -0.25) is 14.3 Å². The van der Waals surface area contributed by atoms with Crippen LogP contribution in [-0.4, -0.2) is 59.2 Å². The molecule has 1 aliphatic heterocycles. The van der Waals surface area contributed by atoms with Crippen LogP contribution in [-0.2, 0) is 4.74 Å². The van der Waals surface area contributed by atoms with Gasteiger partial charge in [-0.2, -0.15) is 0 Å². The normalized spacial score (nSPS) is 15.4. The molecule has 4 aromatic rings. The van der Waals surface area contributed by atoms with Gasteiger partial charge in [0.15, 0.2) is 0 Å². The number of carbonyl (C=O) groups is 2. The summed E-state index contributed by atoms with van der Waals surface area (Å²) in [4.78, 5) is 32.9. The van der Waals surface area contributed by atoms with Crippen molar-refractivity contribution in [2.75, 3.05) is 32.1 Å². The maximum absolute atomic E-state index is 13.3. The number of pyridine rings is 1. The van der Waals surface area contributed by atoms with Crippen molar-refractivity contribution in [1.29, 1.82) is 0 Å². The van der Waals surface area contributed by atoms with Crippen LogP contribution in [0, 0.1) is 19.3 Å². The molecule has 9 heteroatoms. The highest BCUT2D eigenvalue weighted by Crippen LogP contribution is 2.35. The zero-order valence-electron chi connectivity index (χ0n) is 20.2. The Labute approximate surface area is 213 Å². The molecule has 0 aliphatic carbocycles. The quantitative estimate of drug-likeness (QED) is 0.373. The number of hydrogen-bond acceptors (Lipinski definition) is 6. The van der Waals surface area contributed by atoms with E-state index in [1.165, 1.54) is 11.3 Å². The van der Waals surface area contributed by atoms with E-state index >= 15 is 0 Å². The lowest BCUT2D eigenvalue weighted by Crippen LogP contribution is -2.37. The second-order valence-corrected chi connectivity index (χ2v) is 9.87. The molecule has 3 aromatic heterocycles. The van der Waals surface area contributed by atoms with E-state index in [9.17, 15) is 9.59 Å². The van der Waals surface area contributed by atoms with Crippen molar-refractivity contribution in [2.45, 2.75) is 25.8 Å². The third-order valence-electron chi connectivity index (χ3n) is 6.43. The first-order valence-corrected chi connectivity index (χ1v) is 12.6. The summed E-state index contributed by atoms with van der Waals surface area (Å²) >= 11 is 1.45. The van der Waals surface area contributed by atoms with Crippen LogP contribution in [0.2, 0.25) is 0 Å². The van der Waals surface area contributed by atoms with Crippen molar-refractivity contribution in [3.63, 3.8) is 0 Å². The van der Waals surface area contributed by atoms with Crippen LogP contribution < -0.4 is 10.6 Å². The molecule has 1 aliphatic rings. The van der Waals surface area contributed by atoms with Gasteiger partial charge in [-0.15, -0.1) is 17.8 Å². The first-order chi connectivity index (χ1) is 17.5. The van der Waals surface area contributed by atoms with Crippen molar-refractivity contribution in [2.24, 2.45) is 0 Å². The lowest BCUT2D eigenvalue weighted by molar-refractivity contribution is 0.0635. The number of aryl methyl sites for hydroxylation is 1. The van der Waals surface area contributed by atoms with E-state index in [0.717, 1.165) is 57.6 Å². The van der Waals surface area contributed by atoms with Gasteiger partial charge in [0.2, 0.25) is 0 Å². The van der Waals surface area contributed by atoms with E-state index in [0.29, 0.717) is 11.5 Å². The highest BCUT2D eigenvalue weighted by atomic mass is 32.1. The fourth-order valence-corrected chi connectivity index (χ4v) is 5.85. The first kappa shape index (κ1) is 23.9. The molecule has 5 rings (SSSR count). The number of terminal acetylenes is 1. The number of methoxy groups -OCH3 is 1. The molecular formula is C27H27N5O3S. The summed E-state index contributed by atoms with van der Waals surface area (Å²) in [5.41, 5.74) is 4.15. The monoisotopic (exact) mass is 501 g/mol. The topological polar surface area (TPSA) is 88.5 Å². The summed E-state index contributed by atoms with van der Waals surface area (Å²) in [6, 6.07) is 11.4. The van der Waals surface area contributed by atoms with Crippen molar-refractivity contribution >= 4 is 55.8 Å². The summed E-state index contributed by atoms with van der Waals surface area (Å²) in [7, 11) is 1.67. The second kappa shape index (κ2) is 10.0. The molecule has 1 fully saturated rings. The zero-order valence-corrected chi connectivity index (χ0v) is 21.0. The number of carbonyl (C=O) groups excluding carboxylic acids is 2. The molecule has 184 valence electrons. The summed E-state index contributed by atoms with van der Waals surface area (Å²) in [5, 5.41) is 7.11. The molecule has 0 bridgehead atoms. The van der Waals surface area contributed by atoms with Gasteiger partial charge in [0, 0.05) is 36.6 Å². The van der Waals surface area contributed by atoms with Gasteiger partial charge in [0.1, 0.15) is 0 Å². The number of aromatic nitrogens is 2. The molecule has 2 amide bonds. The highest BCUT2D eigenvalue weighted by molar-refractivity contribution is 7.21. The van der Waals surface area contributed by atoms with E-state index in [1.54, 1.807) is 17.9 Å². The summed E-state index contributed by atoms with van der Waals surface area (Å²) in [6.45, 7) is 3.36. The minimum absolute atomic E-state index is 0.0323. The minimum Gasteiger partial charge on any atom is -0.383 e. The average molecular weight is 502 g/mol. The van der Waals surface area contributed by atoms with Crippen LogP contribution in [0.1, 0.15) is 28.2 Å². The number of hydrogen-bond donors (Lipinski definition) is 2. The van der Waals surface area contributed by atoms with E-state index in [1.807, 2.05) is 48.2 Å². The zero-order chi connectivity index (χ0) is 25.2. The maximum Gasteiger partial charge on any atom is 0.327 e. The van der Waals surface area contributed by atoms with Crippen molar-refractivity contribution in [1.82, 2.24) is 19.8 Å². The van der Waals surface area contributed by atoms with E-state index in [-0.39, 0.29) is 24.5 Å². The maximum atomic E-state index is 13.3. The van der Waals surface area contributed by atoms with Crippen LogP contribution in [0.4, 0.5) is 16.2 Å². The molecular weight excluding hydrogens is 474 g/mol. The Morgan fingerprint density at radius 1 is 1.28 bits per heavy atom. The molecule has 4 heterocycles. The Bertz CT molecular complexity index is 1500. The van der Waals surface area contributed by atoms with Gasteiger partial charge in [-0.25, -0.2) is 4.79 Å². The van der Waals surface area contributed by atoms with Crippen molar-refractivity contribution < 1.29 is 14.3 Å². The Kier molecular flexibility index (Phi) is 6.63. The first-order valence-electron chi connectivity index (χ1n) is 11.8. The van der Waals surface area contributed by atoms with E-state index in [2.05, 4.69) is 21.5 Å². The highest BCUT2D eigenvalue weighted by Gasteiger charge is 2.30. The number of fused-ring (bicyclic) bond motifs is 2. The van der Waals surface area contributed by atoms with E-state index in [4.69, 9.17) is 11.2 Å². The lowest BCUT2D eigenvalue weighted by Gasteiger charge is -2.23. The Balaban J connectivity index is 1.42. The third kappa shape index (κ3) is 4.41. The van der Waals surface area contributed by atoms with Crippen molar-refractivity contribution in [3.05, 3.63) is 53.2 Å². The summed E-state index contributed by atoms with van der Waals surface area (Å²) < 4.78 is 7.85. The molecule has 0 spiro atoms. The Morgan fingerprint density at radius 3 is 2.94 bits per heavy atom. The summed E-state index contributed by atoms with van der Waals surface area (Å²) in [6.07, 6.45) is 8.96. The molecule has 2 N–H and O–H groups in total. The average Bonchev–Trinajstić information content (AvgIpc) is 3.59. The van der Waals surface area contributed by atoms with Gasteiger partial charge >= 0.3 is 6.03 Å². The molecule has 1 saturated heterocycles. The van der Waals surface area contributed by atoms with Gasteiger partial charge in [0.05, 0.1) is 45.5 Å². The second-order valence-electron chi connectivity index (χ2n) is 8.82.